The maximum Gasteiger partial charge on any atom is 0.0545 e. The molecule has 0 saturated carbocycles. The van der Waals surface area contributed by atoms with E-state index in [4.69, 9.17) is 0 Å². The summed E-state index contributed by atoms with van der Waals surface area (Å²) in [7, 11) is 0. The van der Waals surface area contributed by atoms with E-state index in [0.29, 0.717) is 0 Å². The van der Waals surface area contributed by atoms with E-state index in [-0.39, 0.29) is 0 Å². The van der Waals surface area contributed by atoms with Gasteiger partial charge in [0.1, 0.15) is 0 Å². The van der Waals surface area contributed by atoms with Crippen LogP contribution in [0.2, 0.25) is 0 Å². The van der Waals surface area contributed by atoms with Crippen LogP contribution in [0.15, 0.2) is 30.3 Å². The molecule has 57 valence electrons. The molecule has 11 heavy (non-hydrogen) atoms. The second-order valence-electron chi connectivity index (χ2n) is 2.93. The third-order valence-electron chi connectivity index (χ3n) is 2.02. The first-order valence-electron chi connectivity index (χ1n) is 4.09. The third kappa shape index (κ3) is 1.60. The minimum Gasteiger partial charge on any atom is -0.294 e. The molecule has 1 aromatic rings. The molecular formula is C10H12N. The fraction of sp³-hybridized carbons (Fsp3) is 0.300. The molecule has 0 aliphatic carbocycles. The molecular weight excluding hydrogens is 134 g/mol. The van der Waals surface area contributed by atoms with Gasteiger partial charge >= 0.3 is 0 Å². The van der Waals surface area contributed by atoms with Gasteiger partial charge in [0.15, 0.2) is 0 Å². The minimum atomic E-state index is 1.23. The Bertz CT molecular complexity index is 214. The highest BCUT2D eigenvalue weighted by atomic mass is 15.2. The monoisotopic (exact) mass is 146 g/mol. The predicted molar refractivity (Wildman–Crippen MR) is 46.0 cm³/mol. The quantitative estimate of drug-likeness (QED) is 0.616. The molecule has 0 unspecified atom stereocenters. The van der Waals surface area contributed by atoms with Crippen LogP contribution in [0.4, 0.5) is 0 Å². The van der Waals surface area contributed by atoms with E-state index in [1.807, 2.05) is 6.07 Å². The Kier molecular flexibility index (Phi) is 1.91. The van der Waals surface area contributed by atoms with Gasteiger partial charge in [-0.2, -0.15) is 0 Å². The van der Waals surface area contributed by atoms with Crippen molar-refractivity contribution in [3.63, 3.8) is 0 Å². The molecule has 1 aliphatic heterocycles. The van der Waals surface area contributed by atoms with Crippen molar-refractivity contribution in [2.45, 2.75) is 6.42 Å². The largest absolute Gasteiger partial charge is 0.294 e. The van der Waals surface area contributed by atoms with Crippen LogP contribution >= 0.6 is 0 Å². The molecule has 1 nitrogen and oxygen atoms in total. The van der Waals surface area contributed by atoms with Crippen molar-refractivity contribution < 1.29 is 0 Å². The number of likely N-dealkylation sites (tertiary alicyclic amines) is 1. The van der Waals surface area contributed by atoms with E-state index in [1.54, 1.807) is 0 Å². The van der Waals surface area contributed by atoms with Gasteiger partial charge in [0, 0.05) is 13.1 Å². The Morgan fingerprint density at radius 2 is 1.82 bits per heavy atom. The van der Waals surface area contributed by atoms with Gasteiger partial charge in [0.05, 0.1) is 6.54 Å². The molecule has 0 atom stereocenters. The second kappa shape index (κ2) is 3.05. The number of hydrogen-bond acceptors (Lipinski definition) is 1. The smallest absolute Gasteiger partial charge is 0.0545 e. The Morgan fingerprint density at radius 1 is 1.09 bits per heavy atom. The van der Waals surface area contributed by atoms with Crippen LogP contribution in [0.1, 0.15) is 12.0 Å². The number of nitrogens with zero attached hydrogens (tertiary/aromatic N) is 1. The summed E-state index contributed by atoms with van der Waals surface area (Å²) in [6.45, 7) is 4.69. The summed E-state index contributed by atoms with van der Waals surface area (Å²) in [5.41, 5.74) is 1.31. The SMILES string of the molecule is [CH](c1ccccc1)N1CCC1. The average Bonchev–Trinajstić information content (AvgIpc) is 1.99. The molecule has 1 saturated heterocycles. The lowest BCUT2D eigenvalue weighted by Crippen LogP contribution is -2.34. The predicted octanol–water partition coefficient (Wildman–Crippen LogP) is 1.90. The molecule has 2 rings (SSSR count). The zero-order valence-corrected chi connectivity index (χ0v) is 6.53. The van der Waals surface area contributed by atoms with E-state index in [2.05, 4.69) is 35.7 Å². The minimum absolute atomic E-state index is 1.23. The fourth-order valence-corrected chi connectivity index (χ4v) is 1.22. The third-order valence-corrected chi connectivity index (χ3v) is 2.02. The van der Waals surface area contributed by atoms with Crippen LogP contribution in [-0.4, -0.2) is 18.0 Å². The lowest BCUT2D eigenvalue weighted by atomic mass is 10.1. The van der Waals surface area contributed by atoms with Crippen molar-refractivity contribution in [2.24, 2.45) is 0 Å². The van der Waals surface area contributed by atoms with E-state index in [1.165, 1.54) is 25.1 Å². The average molecular weight is 146 g/mol. The molecule has 1 radical (unpaired) electrons. The topological polar surface area (TPSA) is 3.24 Å². The summed E-state index contributed by atoms with van der Waals surface area (Å²) in [4.78, 5) is 2.34. The molecule has 1 heterocycles. The van der Waals surface area contributed by atoms with Gasteiger partial charge in [-0.05, 0) is 12.0 Å². The van der Waals surface area contributed by atoms with Gasteiger partial charge in [-0.25, -0.2) is 0 Å². The molecule has 0 spiro atoms. The van der Waals surface area contributed by atoms with Gasteiger partial charge in [0.2, 0.25) is 0 Å². The van der Waals surface area contributed by atoms with Crippen molar-refractivity contribution in [1.29, 1.82) is 0 Å². The lowest BCUT2D eigenvalue weighted by Gasteiger charge is -2.29. The Hall–Kier alpha value is -0.820. The molecule has 0 bridgehead atoms. The normalized spacial score (nSPS) is 17.8. The van der Waals surface area contributed by atoms with E-state index in [9.17, 15) is 0 Å². The summed E-state index contributed by atoms with van der Waals surface area (Å²) in [6, 6.07) is 10.5. The van der Waals surface area contributed by atoms with Gasteiger partial charge in [0.25, 0.3) is 0 Å². The zero-order chi connectivity index (χ0) is 7.52. The summed E-state index contributed by atoms with van der Waals surface area (Å²) < 4.78 is 0. The van der Waals surface area contributed by atoms with E-state index < -0.39 is 0 Å². The Labute approximate surface area is 67.6 Å². The maximum atomic E-state index is 2.34. The van der Waals surface area contributed by atoms with Crippen molar-refractivity contribution in [2.75, 3.05) is 13.1 Å². The van der Waals surface area contributed by atoms with Crippen molar-refractivity contribution in [3.8, 4) is 0 Å². The lowest BCUT2D eigenvalue weighted by molar-refractivity contribution is 0.238. The number of hydrogen-bond donors (Lipinski definition) is 0. The molecule has 1 aliphatic rings. The van der Waals surface area contributed by atoms with Crippen molar-refractivity contribution in [1.82, 2.24) is 4.90 Å². The molecule has 1 fully saturated rings. The van der Waals surface area contributed by atoms with Crippen molar-refractivity contribution in [3.05, 3.63) is 42.4 Å². The standard InChI is InChI=1S/C10H12N/c1-2-5-10(6-3-1)9-11-7-4-8-11/h1-3,5-6,9H,4,7-8H2. The molecule has 1 heteroatoms. The second-order valence-corrected chi connectivity index (χ2v) is 2.93. The van der Waals surface area contributed by atoms with Crippen LogP contribution < -0.4 is 0 Å². The van der Waals surface area contributed by atoms with Crippen LogP contribution in [-0.2, 0) is 0 Å². The number of benzene rings is 1. The van der Waals surface area contributed by atoms with Crippen LogP contribution in [0.3, 0.4) is 0 Å². The fourth-order valence-electron chi connectivity index (χ4n) is 1.22. The first-order chi connectivity index (χ1) is 5.45. The Balaban J connectivity index is 1.95. The molecule has 0 amide bonds. The van der Waals surface area contributed by atoms with Crippen LogP contribution in [0, 0.1) is 6.54 Å². The summed E-state index contributed by atoms with van der Waals surface area (Å²) >= 11 is 0. The summed E-state index contributed by atoms with van der Waals surface area (Å²) in [5.74, 6) is 0. The van der Waals surface area contributed by atoms with Gasteiger partial charge in [-0.1, -0.05) is 30.3 Å². The zero-order valence-electron chi connectivity index (χ0n) is 6.53. The summed E-state index contributed by atoms with van der Waals surface area (Å²) in [6.07, 6.45) is 1.35. The van der Waals surface area contributed by atoms with Gasteiger partial charge in [-0.15, -0.1) is 0 Å². The van der Waals surface area contributed by atoms with Crippen LogP contribution in [0.25, 0.3) is 0 Å². The van der Waals surface area contributed by atoms with Crippen LogP contribution in [0.5, 0.6) is 0 Å². The Morgan fingerprint density at radius 3 is 2.36 bits per heavy atom. The first-order valence-corrected chi connectivity index (χ1v) is 4.09. The molecule has 1 aromatic carbocycles. The van der Waals surface area contributed by atoms with Crippen molar-refractivity contribution >= 4 is 0 Å². The summed E-state index contributed by atoms with van der Waals surface area (Å²) in [5, 5.41) is 0. The first kappa shape index (κ1) is 6.86. The van der Waals surface area contributed by atoms with Gasteiger partial charge in [-0.3, -0.25) is 4.90 Å². The highest BCUT2D eigenvalue weighted by molar-refractivity contribution is 5.22. The highest BCUT2D eigenvalue weighted by Crippen LogP contribution is 2.13. The highest BCUT2D eigenvalue weighted by Gasteiger charge is 2.13. The number of rotatable bonds is 2. The van der Waals surface area contributed by atoms with E-state index >= 15 is 0 Å². The molecule has 0 aromatic heterocycles. The molecule has 0 N–H and O–H groups in total. The maximum absolute atomic E-state index is 2.34. The van der Waals surface area contributed by atoms with Gasteiger partial charge < -0.3 is 0 Å². The van der Waals surface area contributed by atoms with E-state index in [0.717, 1.165) is 0 Å².